The molecule has 2 aliphatic rings. The van der Waals surface area contributed by atoms with E-state index in [0.717, 1.165) is 0 Å². The van der Waals surface area contributed by atoms with Crippen molar-refractivity contribution in [3.05, 3.63) is 12.2 Å². The van der Waals surface area contributed by atoms with E-state index in [1.54, 1.807) is 12.2 Å². The normalized spacial score (nSPS) is 47.7. The second-order valence-electron chi connectivity index (χ2n) is 4.02. The Morgan fingerprint density at radius 1 is 1.23 bits per heavy atom. The van der Waals surface area contributed by atoms with Crippen molar-refractivity contribution < 1.29 is 14.6 Å². The van der Waals surface area contributed by atoms with Gasteiger partial charge in [-0.2, -0.15) is 0 Å². The minimum absolute atomic E-state index is 0.185. The average molecular weight is 185 g/mol. The van der Waals surface area contributed by atoms with Crippen LogP contribution in [0.15, 0.2) is 12.2 Å². The Labute approximate surface area is 77.3 Å². The van der Waals surface area contributed by atoms with E-state index in [4.69, 9.17) is 15.2 Å². The van der Waals surface area contributed by atoms with Crippen LogP contribution < -0.4 is 5.73 Å². The van der Waals surface area contributed by atoms with Crippen molar-refractivity contribution in [1.82, 2.24) is 0 Å². The highest BCUT2D eigenvalue weighted by atomic mass is 16.8. The third-order valence-electron chi connectivity index (χ3n) is 2.41. The maximum absolute atomic E-state index is 9.58. The molecule has 4 nitrogen and oxygen atoms in total. The minimum Gasteiger partial charge on any atom is -0.386 e. The lowest BCUT2D eigenvalue weighted by Gasteiger charge is -2.27. The number of rotatable bonds is 0. The van der Waals surface area contributed by atoms with Gasteiger partial charge in [-0.3, -0.25) is 0 Å². The minimum atomic E-state index is -0.639. The molecule has 74 valence electrons. The molecule has 1 aliphatic heterocycles. The highest BCUT2D eigenvalue weighted by Gasteiger charge is 2.47. The molecule has 1 fully saturated rings. The summed E-state index contributed by atoms with van der Waals surface area (Å²) in [5.41, 5.74) is 5.80. The van der Waals surface area contributed by atoms with Gasteiger partial charge in [-0.15, -0.1) is 0 Å². The third-order valence-corrected chi connectivity index (χ3v) is 2.41. The van der Waals surface area contributed by atoms with E-state index in [1.165, 1.54) is 0 Å². The van der Waals surface area contributed by atoms with Crippen molar-refractivity contribution in [1.29, 1.82) is 0 Å². The van der Waals surface area contributed by atoms with Crippen molar-refractivity contribution in [2.24, 2.45) is 5.73 Å². The summed E-state index contributed by atoms with van der Waals surface area (Å²) in [6, 6.07) is -0.185. The van der Waals surface area contributed by atoms with Gasteiger partial charge in [0.15, 0.2) is 5.79 Å². The van der Waals surface area contributed by atoms with Crippen LogP contribution in [0.2, 0.25) is 0 Å². The zero-order chi connectivity index (χ0) is 9.64. The second-order valence-corrected chi connectivity index (χ2v) is 4.02. The molecule has 1 saturated heterocycles. The summed E-state index contributed by atoms with van der Waals surface area (Å²) in [4.78, 5) is 0. The lowest BCUT2D eigenvalue weighted by Crippen LogP contribution is -2.48. The lowest BCUT2D eigenvalue weighted by molar-refractivity contribution is -0.152. The molecule has 0 bridgehead atoms. The van der Waals surface area contributed by atoms with Gasteiger partial charge in [-0.1, -0.05) is 12.2 Å². The van der Waals surface area contributed by atoms with Gasteiger partial charge in [-0.25, -0.2) is 0 Å². The molecule has 0 aromatic rings. The fraction of sp³-hybridized carbons (Fsp3) is 0.778. The zero-order valence-corrected chi connectivity index (χ0v) is 7.81. The summed E-state index contributed by atoms with van der Waals surface area (Å²) >= 11 is 0. The molecule has 1 heterocycles. The summed E-state index contributed by atoms with van der Waals surface area (Å²) < 4.78 is 11.1. The molecule has 2 rings (SSSR count). The van der Waals surface area contributed by atoms with Gasteiger partial charge in [0.25, 0.3) is 0 Å². The number of fused-ring (bicyclic) bond motifs is 1. The van der Waals surface area contributed by atoms with E-state index in [1.807, 2.05) is 13.8 Å². The highest BCUT2D eigenvalue weighted by Crippen LogP contribution is 2.33. The summed E-state index contributed by atoms with van der Waals surface area (Å²) in [7, 11) is 0. The van der Waals surface area contributed by atoms with Gasteiger partial charge < -0.3 is 20.3 Å². The van der Waals surface area contributed by atoms with Crippen molar-refractivity contribution in [3.8, 4) is 0 Å². The maximum Gasteiger partial charge on any atom is 0.164 e. The Hall–Kier alpha value is -0.420. The van der Waals surface area contributed by atoms with Crippen LogP contribution in [-0.4, -0.2) is 35.2 Å². The Kier molecular flexibility index (Phi) is 1.96. The Bertz CT molecular complexity index is 217. The van der Waals surface area contributed by atoms with E-state index >= 15 is 0 Å². The fourth-order valence-corrected chi connectivity index (χ4v) is 1.84. The smallest absolute Gasteiger partial charge is 0.164 e. The molecule has 0 unspecified atom stereocenters. The van der Waals surface area contributed by atoms with Gasteiger partial charge in [-0.05, 0) is 13.8 Å². The molecule has 0 amide bonds. The van der Waals surface area contributed by atoms with Crippen LogP contribution in [-0.2, 0) is 9.47 Å². The number of aliphatic hydroxyl groups is 1. The van der Waals surface area contributed by atoms with Crippen LogP contribution in [0.3, 0.4) is 0 Å². The SMILES string of the molecule is CC1(C)O[C@@H]2[C@H](O1)[C@@H](N)C=C[C@H]2O. The predicted molar refractivity (Wildman–Crippen MR) is 46.9 cm³/mol. The van der Waals surface area contributed by atoms with Crippen LogP contribution in [0, 0.1) is 0 Å². The number of hydrogen-bond acceptors (Lipinski definition) is 4. The summed E-state index contributed by atoms with van der Waals surface area (Å²) in [5.74, 6) is -0.639. The molecule has 0 aromatic heterocycles. The molecule has 13 heavy (non-hydrogen) atoms. The summed E-state index contributed by atoms with van der Waals surface area (Å²) in [6.45, 7) is 3.65. The molecule has 0 spiro atoms. The molecule has 4 heteroatoms. The summed E-state index contributed by atoms with van der Waals surface area (Å²) in [5, 5.41) is 9.58. The van der Waals surface area contributed by atoms with Crippen LogP contribution in [0.5, 0.6) is 0 Å². The van der Waals surface area contributed by atoms with E-state index in [9.17, 15) is 5.11 Å². The molecule has 4 atom stereocenters. The first-order valence-electron chi connectivity index (χ1n) is 4.47. The molecule has 1 aliphatic carbocycles. The van der Waals surface area contributed by atoms with Gasteiger partial charge in [0.2, 0.25) is 0 Å². The topological polar surface area (TPSA) is 64.7 Å². The van der Waals surface area contributed by atoms with E-state index in [2.05, 4.69) is 0 Å². The quantitative estimate of drug-likeness (QED) is 0.511. The zero-order valence-electron chi connectivity index (χ0n) is 7.81. The largest absolute Gasteiger partial charge is 0.386 e. The van der Waals surface area contributed by atoms with Crippen molar-refractivity contribution in [3.63, 3.8) is 0 Å². The monoisotopic (exact) mass is 185 g/mol. The molecule has 0 saturated carbocycles. The van der Waals surface area contributed by atoms with Crippen LogP contribution in [0.1, 0.15) is 13.8 Å². The predicted octanol–water partition coefficient (Wildman–Crippen LogP) is -0.235. The Morgan fingerprint density at radius 2 is 1.85 bits per heavy atom. The lowest BCUT2D eigenvalue weighted by atomic mass is 9.95. The van der Waals surface area contributed by atoms with E-state index in [-0.39, 0.29) is 18.2 Å². The highest BCUT2D eigenvalue weighted by molar-refractivity contribution is 5.12. The average Bonchev–Trinajstić information content (AvgIpc) is 2.35. The third kappa shape index (κ3) is 1.50. The Morgan fingerprint density at radius 3 is 2.46 bits per heavy atom. The van der Waals surface area contributed by atoms with Gasteiger partial charge >= 0.3 is 0 Å². The molecule has 3 N–H and O–H groups in total. The van der Waals surface area contributed by atoms with Crippen LogP contribution in [0.4, 0.5) is 0 Å². The van der Waals surface area contributed by atoms with E-state index in [0.29, 0.717) is 0 Å². The van der Waals surface area contributed by atoms with Gasteiger partial charge in [0, 0.05) is 0 Å². The first-order valence-corrected chi connectivity index (χ1v) is 4.47. The summed E-state index contributed by atoms with van der Waals surface area (Å²) in [6.07, 6.45) is 2.27. The first kappa shape index (κ1) is 9.15. The van der Waals surface area contributed by atoms with Gasteiger partial charge in [0.05, 0.1) is 6.04 Å². The van der Waals surface area contributed by atoms with Crippen molar-refractivity contribution >= 4 is 0 Å². The molecule has 0 aromatic carbocycles. The van der Waals surface area contributed by atoms with Crippen LogP contribution in [0.25, 0.3) is 0 Å². The number of hydrogen-bond donors (Lipinski definition) is 2. The first-order chi connectivity index (χ1) is 5.99. The van der Waals surface area contributed by atoms with Crippen molar-refractivity contribution in [2.45, 2.75) is 44.0 Å². The molecular formula is C9H15NO3. The standard InChI is InChI=1S/C9H15NO3/c1-9(2)12-7-5(10)3-4-6(11)8(7)13-9/h3-8,11H,10H2,1-2H3/t5-,6+,7+,8-/m0/s1. The van der Waals surface area contributed by atoms with Gasteiger partial charge in [0.1, 0.15) is 18.3 Å². The number of nitrogens with two attached hydrogens (primary N) is 1. The van der Waals surface area contributed by atoms with Crippen LogP contribution >= 0.6 is 0 Å². The van der Waals surface area contributed by atoms with E-state index < -0.39 is 11.9 Å². The molecule has 0 radical (unpaired) electrons. The Balaban J connectivity index is 2.21. The second kappa shape index (κ2) is 2.78. The van der Waals surface area contributed by atoms with Crippen molar-refractivity contribution in [2.75, 3.05) is 0 Å². The maximum atomic E-state index is 9.58. The number of aliphatic hydroxyl groups excluding tert-OH is 1. The molecular weight excluding hydrogens is 170 g/mol. The fourth-order valence-electron chi connectivity index (χ4n) is 1.84. The number of ether oxygens (including phenoxy) is 2.